The first-order valence-corrected chi connectivity index (χ1v) is 41.2. The van der Waals surface area contributed by atoms with Crippen LogP contribution in [-0.4, -0.2) is 96.7 Å². The van der Waals surface area contributed by atoms with E-state index in [9.17, 15) is 43.2 Å². The SMILES string of the molecule is CCCCCC/C=C\C=C/CCCCCCCC(=O)OC[C@H](COP(=O)(O)OCC(O)COP(=O)(O)OC[C@@H](COC(=O)CCCCCCCCC(C)C)OC(=O)CCCCCCCCCCCCCCCCCC(C)C)OC(=O)CCCCCCCCCCCC(C)C. The Morgan fingerprint density at radius 3 is 0.862 bits per heavy atom. The molecule has 3 N–H and O–H groups in total. The number of carbonyl (C=O) groups excluding carboxylic acids is 4. The number of hydrogen-bond donors (Lipinski definition) is 3. The molecule has 0 aromatic heterocycles. The average Bonchev–Trinajstić information content (AvgIpc) is 1.95. The van der Waals surface area contributed by atoms with Crippen LogP contribution in [0, 0.1) is 17.8 Å². The van der Waals surface area contributed by atoms with Crippen molar-refractivity contribution in [2.24, 2.45) is 17.8 Å². The van der Waals surface area contributed by atoms with Gasteiger partial charge in [-0.25, -0.2) is 9.13 Å². The fourth-order valence-corrected chi connectivity index (χ4v) is 12.5. The number of rotatable bonds is 71. The monoisotopic (exact) mass is 1380 g/mol. The third-order valence-corrected chi connectivity index (χ3v) is 18.7. The quantitative estimate of drug-likeness (QED) is 0.0169. The molecule has 0 bridgehead atoms. The molecule has 5 atom stereocenters. The predicted molar refractivity (Wildman–Crippen MR) is 381 cm³/mol. The molecular formula is C75H142O17P2. The Kier molecular flexibility index (Phi) is 63.5. The van der Waals surface area contributed by atoms with Crippen molar-refractivity contribution < 1.29 is 80.2 Å². The van der Waals surface area contributed by atoms with E-state index in [4.69, 9.17) is 37.0 Å². The Morgan fingerprint density at radius 2 is 0.574 bits per heavy atom. The van der Waals surface area contributed by atoms with Gasteiger partial charge in [0.05, 0.1) is 26.4 Å². The maximum absolute atomic E-state index is 13.0. The number of aliphatic hydroxyl groups is 1. The van der Waals surface area contributed by atoms with Crippen molar-refractivity contribution in [2.45, 2.75) is 375 Å². The van der Waals surface area contributed by atoms with Crippen molar-refractivity contribution in [3.8, 4) is 0 Å². The summed E-state index contributed by atoms with van der Waals surface area (Å²) in [7, 11) is -9.92. The van der Waals surface area contributed by atoms with E-state index >= 15 is 0 Å². The second kappa shape index (κ2) is 65.2. The molecule has 0 spiro atoms. The molecule has 554 valence electrons. The number of phosphoric ester groups is 2. The molecule has 0 aliphatic rings. The molecular weight excluding hydrogens is 1230 g/mol. The molecule has 0 aromatic rings. The summed E-state index contributed by atoms with van der Waals surface area (Å²) >= 11 is 0. The fourth-order valence-electron chi connectivity index (χ4n) is 10.9. The van der Waals surface area contributed by atoms with Crippen molar-refractivity contribution in [3.63, 3.8) is 0 Å². The summed E-state index contributed by atoms with van der Waals surface area (Å²) in [6.45, 7) is 11.7. The molecule has 3 unspecified atom stereocenters. The first kappa shape index (κ1) is 91.5. The van der Waals surface area contributed by atoms with E-state index in [-0.39, 0.29) is 25.7 Å². The summed E-state index contributed by atoms with van der Waals surface area (Å²) < 4.78 is 68.4. The first-order valence-electron chi connectivity index (χ1n) is 38.2. The Balaban J connectivity index is 5.24. The van der Waals surface area contributed by atoms with Gasteiger partial charge in [-0.05, 0) is 69.1 Å². The van der Waals surface area contributed by atoms with Crippen LogP contribution in [0.2, 0.25) is 0 Å². The average molecular weight is 1380 g/mol. The zero-order valence-corrected chi connectivity index (χ0v) is 62.7. The van der Waals surface area contributed by atoms with Gasteiger partial charge in [-0.1, -0.05) is 304 Å². The Hall–Kier alpha value is -2.46. The molecule has 0 aromatic carbocycles. The van der Waals surface area contributed by atoms with Crippen LogP contribution in [0.3, 0.4) is 0 Å². The summed E-state index contributed by atoms with van der Waals surface area (Å²) in [6, 6.07) is 0. The van der Waals surface area contributed by atoms with Gasteiger partial charge in [0.1, 0.15) is 19.3 Å². The molecule has 0 radical (unpaired) electrons. The molecule has 0 fully saturated rings. The second-order valence-corrected chi connectivity index (χ2v) is 30.7. The highest BCUT2D eigenvalue weighted by Crippen LogP contribution is 2.45. The van der Waals surface area contributed by atoms with E-state index in [1.54, 1.807) is 0 Å². The van der Waals surface area contributed by atoms with E-state index in [0.29, 0.717) is 31.6 Å². The highest BCUT2D eigenvalue weighted by Gasteiger charge is 2.30. The van der Waals surface area contributed by atoms with Gasteiger partial charge in [0, 0.05) is 25.7 Å². The molecule has 17 nitrogen and oxygen atoms in total. The Bertz CT molecular complexity index is 1930. The van der Waals surface area contributed by atoms with E-state index in [2.05, 4.69) is 72.8 Å². The minimum Gasteiger partial charge on any atom is -0.462 e. The number of carbonyl (C=O) groups is 4. The number of aliphatic hydroxyl groups excluding tert-OH is 1. The van der Waals surface area contributed by atoms with E-state index in [1.165, 1.54) is 141 Å². The maximum atomic E-state index is 13.0. The molecule has 0 saturated carbocycles. The third kappa shape index (κ3) is 68.1. The van der Waals surface area contributed by atoms with Crippen LogP contribution >= 0.6 is 15.6 Å². The smallest absolute Gasteiger partial charge is 0.462 e. The minimum absolute atomic E-state index is 0.0981. The fraction of sp³-hybridized carbons (Fsp3) is 0.893. The molecule has 0 aliphatic heterocycles. The van der Waals surface area contributed by atoms with Crippen molar-refractivity contribution >= 4 is 39.5 Å². The predicted octanol–water partition coefficient (Wildman–Crippen LogP) is 21.3. The summed E-state index contributed by atoms with van der Waals surface area (Å²) in [5, 5.41) is 10.6. The van der Waals surface area contributed by atoms with Gasteiger partial charge in [-0.3, -0.25) is 37.3 Å². The van der Waals surface area contributed by atoms with Crippen LogP contribution in [0.1, 0.15) is 357 Å². The largest absolute Gasteiger partial charge is 0.472 e. The first-order chi connectivity index (χ1) is 45.2. The lowest BCUT2D eigenvalue weighted by Crippen LogP contribution is -2.30. The molecule has 19 heteroatoms. The standard InChI is InChI=1S/C75H142O17P2/c1-8-9-10-11-12-13-14-15-17-21-24-29-34-42-49-56-72(77)85-62-70(91-75(80)59-52-45-36-31-26-28-33-40-47-54-67(4)5)64-89-93(81,82)87-60-69(76)61-88-94(83,84)90-65-71(63-86-73(78)57-50-43-38-37-41-48-55-68(6)7)92-74(79)58-51-44-35-30-25-22-19-16-18-20-23-27-32-39-46-53-66(2)3/h13-15,17,66-71,76H,8-12,16,18-65H2,1-7H3,(H,81,82)(H,83,84)/b14-13-,17-15-/t69?,70-,71-/m1/s1. The number of hydrogen-bond acceptors (Lipinski definition) is 15. The van der Waals surface area contributed by atoms with Gasteiger partial charge in [-0.15, -0.1) is 0 Å². The van der Waals surface area contributed by atoms with Crippen LogP contribution < -0.4 is 0 Å². The van der Waals surface area contributed by atoms with E-state index < -0.39 is 97.5 Å². The van der Waals surface area contributed by atoms with Gasteiger partial charge in [-0.2, -0.15) is 0 Å². The summed E-state index contributed by atoms with van der Waals surface area (Å²) in [6.07, 6.45) is 53.7. The van der Waals surface area contributed by atoms with Crippen LogP contribution in [-0.2, 0) is 65.4 Å². The topological polar surface area (TPSA) is 237 Å². The lowest BCUT2D eigenvalue weighted by Gasteiger charge is -2.21. The summed E-state index contributed by atoms with van der Waals surface area (Å²) in [5.74, 6) is 0.0598. The normalized spacial score (nSPS) is 14.3. The number of esters is 4. The lowest BCUT2D eigenvalue weighted by atomic mass is 10.0. The van der Waals surface area contributed by atoms with Gasteiger partial charge >= 0.3 is 39.5 Å². The molecule has 0 heterocycles. The van der Waals surface area contributed by atoms with E-state index in [1.807, 2.05) is 0 Å². The summed E-state index contributed by atoms with van der Waals surface area (Å²) in [4.78, 5) is 72.7. The van der Waals surface area contributed by atoms with Crippen LogP contribution in [0.15, 0.2) is 24.3 Å². The number of allylic oxidation sites excluding steroid dienone is 4. The van der Waals surface area contributed by atoms with Crippen molar-refractivity contribution in [2.75, 3.05) is 39.6 Å². The van der Waals surface area contributed by atoms with E-state index in [0.717, 1.165) is 127 Å². The number of unbranched alkanes of at least 4 members (excludes halogenated alkanes) is 36. The van der Waals surface area contributed by atoms with Gasteiger partial charge in [0.25, 0.3) is 0 Å². The minimum atomic E-state index is -4.96. The third-order valence-electron chi connectivity index (χ3n) is 16.8. The van der Waals surface area contributed by atoms with Gasteiger partial charge in [0.15, 0.2) is 12.2 Å². The Labute approximate surface area is 573 Å². The maximum Gasteiger partial charge on any atom is 0.472 e. The highest BCUT2D eigenvalue weighted by atomic mass is 31.2. The zero-order valence-electron chi connectivity index (χ0n) is 60.9. The van der Waals surface area contributed by atoms with Gasteiger partial charge < -0.3 is 33.8 Å². The second-order valence-electron chi connectivity index (χ2n) is 27.8. The zero-order chi connectivity index (χ0) is 69.4. The molecule has 0 rings (SSSR count). The van der Waals surface area contributed by atoms with Crippen LogP contribution in [0.25, 0.3) is 0 Å². The van der Waals surface area contributed by atoms with Crippen molar-refractivity contribution in [3.05, 3.63) is 24.3 Å². The van der Waals surface area contributed by atoms with Crippen LogP contribution in [0.4, 0.5) is 0 Å². The van der Waals surface area contributed by atoms with Gasteiger partial charge in [0.2, 0.25) is 0 Å². The molecule has 0 aliphatic carbocycles. The lowest BCUT2D eigenvalue weighted by molar-refractivity contribution is -0.161. The summed E-state index contributed by atoms with van der Waals surface area (Å²) in [5.41, 5.74) is 0. The Morgan fingerprint density at radius 1 is 0.330 bits per heavy atom. The van der Waals surface area contributed by atoms with Crippen LogP contribution in [0.5, 0.6) is 0 Å². The number of phosphoric acid groups is 2. The molecule has 94 heavy (non-hydrogen) atoms. The number of ether oxygens (including phenoxy) is 4. The highest BCUT2D eigenvalue weighted by molar-refractivity contribution is 7.47. The molecule has 0 amide bonds. The van der Waals surface area contributed by atoms with Crippen molar-refractivity contribution in [1.29, 1.82) is 0 Å². The molecule has 0 saturated heterocycles. The van der Waals surface area contributed by atoms with Crippen molar-refractivity contribution in [1.82, 2.24) is 0 Å².